The summed E-state index contributed by atoms with van der Waals surface area (Å²) >= 11 is 0. The Labute approximate surface area is 136 Å². The molecule has 1 atom stereocenters. The van der Waals surface area contributed by atoms with E-state index in [2.05, 4.69) is 10.6 Å². The van der Waals surface area contributed by atoms with Gasteiger partial charge < -0.3 is 21.1 Å². The van der Waals surface area contributed by atoms with Crippen molar-refractivity contribution < 1.29 is 14.3 Å². The zero-order valence-electron chi connectivity index (χ0n) is 12.9. The third-order valence-corrected chi connectivity index (χ3v) is 3.04. The van der Waals surface area contributed by atoms with E-state index in [1.807, 2.05) is 20.8 Å². The second kappa shape index (κ2) is 6.98. The van der Waals surface area contributed by atoms with Crippen LogP contribution >= 0.6 is 12.4 Å². The normalized spacial score (nSPS) is 16.5. The Morgan fingerprint density at radius 3 is 2.68 bits per heavy atom. The molecule has 0 aliphatic carbocycles. The van der Waals surface area contributed by atoms with Gasteiger partial charge in [0.25, 0.3) is 5.91 Å². The molecule has 1 heterocycles. The molecule has 0 saturated heterocycles. The van der Waals surface area contributed by atoms with Crippen molar-refractivity contribution in [3.63, 3.8) is 0 Å². The summed E-state index contributed by atoms with van der Waals surface area (Å²) in [5.41, 5.74) is 6.29. The Morgan fingerprint density at radius 2 is 2.09 bits per heavy atom. The first kappa shape index (κ1) is 18.3. The van der Waals surface area contributed by atoms with Crippen LogP contribution in [0.3, 0.4) is 0 Å². The third-order valence-electron chi connectivity index (χ3n) is 3.04. The molecule has 2 rings (SSSR count). The lowest BCUT2D eigenvalue weighted by Gasteiger charge is -2.27. The van der Waals surface area contributed by atoms with Crippen molar-refractivity contribution in [3.8, 4) is 5.75 Å². The highest BCUT2D eigenvalue weighted by atomic mass is 35.5. The number of carbonyl (C=O) groups is 2. The van der Waals surface area contributed by atoms with E-state index in [1.165, 1.54) is 0 Å². The minimum atomic E-state index is -0.572. The van der Waals surface area contributed by atoms with Crippen LogP contribution in [-0.2, 0) is 4.79 Å². The van der Waals surface area contributed by atoms with Gasteiger partial charge in [-0.05, 0) is 39.0 Å². The SMILES string of the molecule is CC(C)(C)NC(=O)c1ccc2c(c1)NCC(C(=O)CN)O2.Cl. The number of ketones is 1. The number of rotatable bonds is 3. The van der Waals surface area contributed by atoms with Crippen molar-refractivity contribution in [3.05, 3.63) is 23.8 Å². The predicted molar refractivity (Wildman–Crippen MR) is 87.9 cm³/mol. The monoisotopic (exact) mass is 327 g/mol. The van der Waals surface area contributed by atoms with Gasteiger partial charge in [-0.1, -0.05) is 0 Å². The van der Waals surface area contributed by atoms with Crippen molar-refractivity contribution in [2.24, 2.45) is 5.73 Å². The van der Waals surface area contributed by atoms with E-state index in [1.54, 1.807) is 18.2 Å². The van der Waals surface area contributed by atoms with Crippen molar-refractivity contribution in [1.82, 2.24) is 5.32 Å². The number of ether oxygens (including phenoxy) is 1. The van der Waals surface area contributed by atoms with E-state index in [0.717, 1.165) is 0 Å². The first-order valence-corrected chi connectivity index (χ1v) is 6.90. The minimum Gasteiger partial charge on any atom is -0.479 e. The molecule has 122 valence electrons. The van der Waals surface area contributed by atoms with Gasteiger partial charge in [-0.3, -0.25) is 9.59 Å². The highest BCUT2D eigenvalue weighted by molar-refractivity contribution is 5.96. The maximum atomic E-state index is 12.1. The number of nitrogens with one attached hydrogen (secondary N) is 2. The molecule has 1 amide bonds. The summed E-state index contributed by atoms with van der Waals surface area (Å²) in [4.78, 5) is 23.7. The number of anilines is 1. The molecule has 4 N–H and O–H groups in total. The van der Waals surface area contributed by atoms with Gasteiger partial charge in [-0.2, -0.15) is 0 Å². The topological polar surface area (TPSA) is 93.5 Å². The number of hydrogen-bond donors (Lipinski definition) is 3. The van der Waals surface area contributed by atoms with Crippen LogP contribution in [0.1, 0.15) is 31.1 Å². The van der Waals surface area contributed by atoms with Crippen LogP contribution in [0.4, 0.5) is 5.69 Å². The fourth-order valence-corrected chi connectivity index (χ4v) is 2.03. The van der Waals surface area contributed by atoms with Crippen LogP contribution in [0.15, 0.2) is 18.2 Å². The standard InChI is InChI=1S/C15H21N3O3.ClH/c1-15(2,3)18-14(20)9-4-5-12-10(6-9)17-8-13(21-12)11(19)7-16;/h4-6,13,17H,7-8,16H2,1-3H3,(H,18,20);1H. The third kappa shape index (κ3) is 4.35. The quantitative estimate of drug-likeness (QED) is 0.779. The molecule has 7 heteroatoms. The lowest BCUT2D eigenvalue weighted by atomic mass is 10.1. The summed E-state index contributed by atoms with van der Waals surface area (Å²) in [6.07, 6.45) is -0.572. The second-order valence-electron chi connectivity index (χ2n) is 6.07. The molecule has 0 fully saturated rings. The fourth-order valence-electron chi connectivity index (χ4n) is 2.03. The molecule has 1 aliphatic heterocycles. The second-order valence-corrected chi connectivity index (χ2v) is 6.07. The number of halogens is 1. The Morgan fingerprint density at radius 1 is 1.41 bits per heavy atom. The van der Waals surface area contributed by atoms with Crippen molar-refractivity contribution in [2.75, 3.05) is 18.4 Å². The molecule has 0 spiro atoms. The summed E-state index contributed by atoms with van der Waals surface area (Å²) in [5, 5.41) is 6.00. The molecule has 1 aliphatic rings. The maximum Gasteiger partial charge on any atom is 0.251 e. The van der Waals surface area contributed by atoms with E-state index < -0.39 is 6.10 Å². The number of fused-ring (bicyclic) bond motifs is 1. The average Bonchev–Trinajstić information content (AvgIpc) is 2.43. The average molecular weight is 328 g/mol. The molecular weight excluding hydrogens is 306 g/mol. The molecule has 6 nitrogen and oxygen atoms in total. The van der Waals surface area contributed by atoms with Gasteiger partial charge in [0.15, 0.2) is 11.9 Å². The number of hydrogen-bond acceptors (Lipinski definition) is 5. The van der Waals surface area contributed by atoms with E-state index in [-0.39, 0.29) is 36.2 Å². The Bertz CT molecular complexity index is 570. The van der Waals surface area contributed by atoms with E-state index in [4.69, 9.17) is 10.5 Å². The highest BCUT2D eigenvalue weighted by Gasteiger charge is 2.25. The molecule has 0 bridgehead atoms. The number of nitrogens with two attached hydrogens (primary N) is 1. The van der Waals surface area contributed by atoms with Crippen LogP contribution in [-0.4, -0.2) is 36.4 Å². The Kier molecular flexibility index (Phi) is 5.79. The molecular formula is C15H22ClN3O3. The Balaban J connectivity index is 0.00000242. The summed E-state index contributed by atoms with van der Waals surface area (Å²) < 4.78 is 5.60. The van der Waals surface area contributed by atoms with Crippen LogP contribution in [0.5, 0.6) is 5.75 Å². The summed E-state index contributed by atoms with van der Waals surface area (Å²) in [6, 6.07) is 5.09. The number of benzene rings is 1. The van der Waals surface area contributed by atoms with E-state index in [9.17, 15) is 9.59 Å². The molecule has 1 aromatic carbocycles. The minimum absolute atomic E-state index is 0. The van der Waals surface area contributed by atoms with Gasteiger partial charge in [0, 0.05) is 11.1 Å². The summed E-state index contributed by atoms with van der Waals surface area (Å²) in [5.74, 6) is 0.260. The van der Waals surface area contributed by atoms with Gasteiger partial charge in [0.1, 0.15) is 5.75 Å². The first-order chi connectivity index (χ1) is 9.80. The predicted octanol–water partition coefficient (Wildman–Crippen LogP) is 1.34. The molecule has 0 aromatic heterocycles. The van der Waals surface area contributed by atoms with Gasteiger partial charge in [0.2, 0.25) is 0 Å². The van der Waals surface area contributed by atoms with Gasteiger partial charge in [0.05, 0.1) is 18.8 Å². The molecule has 22 heavy (non-hydrogen) atoms. The van der Waals surface area contributed by atoms with E-state index in [0.29, 0.717) is 23.5 Å². The Hall–Kier alpha value is -1.79. The summed E-state index contributed by atoms with van der Waals surface area (Å²) in [6.45, 7) is 6.08. The highest BCUT2D eigenvalue weighted by Crippen LogP contribution is 2.30. The van der Waals surface area contributed by atoms with Crippen LogP contribution in [0.25, 0.3) is 0 Å². The zero-order valence-corrected chi connectivity index (χ0v) is 13.8. The molecule has 0 saturated carbocycles. The first-order valence-electron chi connectivity index (χ1n) is 6.90. The van der Waals surface area contributed by atoms with Crippen molar-refractivity contribution in [2.45, 2.75) is 32.4 Å². The summed E-state index contributed by atoms with van der Waals surface area (Å²) in [7, 11) is 0. The lowest BCUT2D eigenvalue weighted by Crippen LogP contribution is -2.41. The van der Waals surface area contributed by atoms with Crippen molar-refractivity contribution >= 4 is 29.8 Å². The zero-order chi connectivity index (χ0) is 15.6. The van der Waals surface area contributed by atoms with E-state index >= 15 is 0 Å². The number of amides is 1. The number of Topliss-reactive ketones (excluding diaryl/α,β-unsaturated/α-hetero) is 1. The maximum absolute atomic E-state index is 12.1. The van der Waals surface area contributed by atoms with Crippen LogP contribution in [0, 0.1) is 0 Å². The largest absolute Gasteiger partial charge is 0.479 e. The van der Waals surface area contributed by atoms with Gasteiger partial charge >= 0.3 is 0 Å². The van der Waals surface area contributed by atoms with Gasteiger partial charge in [-0.15, -0.1) is 12.4 Å². The number of carbonyl (C=O) groups excluding carboxylic acids is 2. The lowest BCUT2D eigenvalue weighted by molar-refractivity contribution is -0.124. The fraction of sp³-hybridized carbons (Fsp3) is 0.467. The van der Waals surface area contributed by atoms with Crippen molar-refractivity contribution in [1.29, 1.82) is 0 Å². The van der Waals surface area contributed by atoms with Gasteiger partial charge in [-0.25, -0.2) is 0 Å². The smallest absolute Gasteiger partial charge is 0.251 e. The molecule has 1 aromatic rings. The van der Waals surface area contributed by atoms with Crippen LogP contribution < -0.4 is 21.1 Å². The molecule has 0 radical (unpaired) electrons. The van der Waals surface area contributed by atoms with Crippen LogP contribution in [0.2, 0.25) is 0 Å². The molecule has 1 unspecified atom stereocenters.